The number of nitrogens with zero attached hydrogens (tertiary/aromatic N) is 2. The number of phenols is 1. The zero-order valence-electron chi connectivity index (χ0n) is 12.3. The molecule has 0 fully saturated rings. The summed E-state index contributed by atoms with van der Waals surface area (Å²) in [5, 5.41) is 18.1. The van der Waals surface area contributed by atoms with Gasteiger partial charge in [-0.1, -0.05) is 11.6 Å². The molecule has 0 aliphatic rings. The van der Waals surface area contributed by atoms with Crippen molar-refractivity contribution in [1.82, 2.24) is 4.90 Å². The van der Waals surface area contributed by atoms with Crippen molar-refractivity contribution in [2.45, 2.75) is 26.4 Å². The number of carbonyl (C=O) groups excluding carboxylic acids is 2. The molecule has 0 aliphatic heterocycles. The van der Waals surface area contributed by atoms with Crippen LogP contribution in [0.15, 0.2) is 18.2 Å². The molecular weight excluding hydrogens is 272 g/mol. The average molecular weight is 290 g/mol. The highest BCUT2D eigenvalue weighted by Crippen LogP contribution is 2.19. The van der Waals surface area contributed by atoms with Crippen molar-refractivity contribution in [3.05, 3.63) is 29.3 Å². The normalized spacial score (nSPS) is 11.3. The van der Waals surface area contributed by atoms with Crippen LogP contribution in [0, 0.1) is 18.3 Å². The highest BCUT2D eigenvalue weighted by Gasteiger charge is 2.23. The Labute approximate surface area is 123 Å². The summed E-state index contributed by atoms with van der Waals surface area (Å²) in [6, 6.07) is 6.50. The Kier molecular flexibility index (Phi) is 5.73. The first kappa shape index (κ1) is 16.5. The van der Waals surface area contributed by atoms with Crippen LogP contribution < -0.4 is 0 Å². The SMILES string of the molecule is Cc1ccc(O)c(C(=O)O[C@H](C)C(=O)N(C)CCC#N)c1. The molecule has 0 aromatic heterocycles. The van der Waals surface area contributed by atoms with Crippen LogP contribution >= 0.6 is 0 Å². The number of hydrogen-bond acceptors (Lipinski definition) is 5. The minimum atomic E-state index is -0.985. The maximum absolute atomic E-state index is 12.0. The van der Waals surface area contributed by atoms with Crippen LogP contribution in [0.1, 0.15) is 29.3 Å². The summed E-state index contributed by atoms with van der Waals surface area (Å²) in [7, 11) is 1.54. The van der Waals surface area contributed by atoms with Gasteiger partial charge in [-0.15, -0.1) is 0 Å². The van der Waals surface area contributed by atoms with E-state index in [2.05, 4.69) is 0 Å². The van der Waals surface area contributed by atoms with Crippen LogP contribution in [0.2, 0.25) is 0 Å². The second kappa shape index (κ2) is 7.29. The van der Waals surface area contributed by atoms with Crippen molar-refractivity contribution in [3.8, 4) is 11.8 Å². The molecule has 0 radical (unpaired) electrons. The Hall–Kier alpha value is -2.55. The number of benzene rings is 1. The molecule has 0 heterocycles. The van der Waals surface area contributed by atoms with E-state index in [1.54, 1.807) is 13.0 Å². The number of nitriles is 1. The first-order valence-corrected chi connectivity index (χ1v) is 6.49. The molecule has 1 aromatic rings. The minimum Gasteiger partial charge on any atom is -0.507 e. The maximum atomic E-state index is 12.0. The summed E-state index contributed by atoms with van der Waals surface area (Å²) >= 11 is 0. The number of amides is 1. The molecular formula is C15H18N2O4. The molecule has 21 heavy (non-hydrogen) atoms. The first-order chi connectivity index (χ1) is 9.86. The molecule has 0 aliphatic carbocycles. The fourth-order valence-corrected chi connectivity index (χ4v) is 1.73. The molecule has 6 heteroatoms. The molecule has 0 spiro atoms. The van der Waals surface area contributed by atoms with Gasteiger partial charge in [-0.3, -0.25) is 4.79 Å². The summed E-state index contributed by atoms with van der Waals surface area (Å²) in [6.45, 7) is 3.50. The number of rotatable bonds is 5. The fraction of sp³-hybridized carbons (Fsp3) is 0.400. The van der Waals surface area contributed by atoms with Gasteiger partial charge in [0, 0.05) is 13.6 Å². The topological polar surface area (TPSA) is 90.6 Å². The van der Waals surface area contributed by atoms with Crippen LogP contribution in [0.3, 0.4) is 0 Å². The summed E-state index contributed by atoms with van der Waals surface area (Å²) in [6.07, 6.45) is -0.775. The Morgan fingerprint density at radius 2 is 2.14 bits per heavy atom. The van der Waals surface area contributed by atoms with Gasteiger partial charge >= 0.3 is 5.97 Å². The van der Waals surface area contributed by atoms with Gasteiger partial charge in [0.05, 0.1) is 12.5 Å². The standard InChI is InChI=1S/C15H18N2O4/c1-10-5-6-13(18)12(9-10)15(20)21-11(2)14(19)17(3)8-4-7-16/h5-6,9,11,18H,4,8H2,1-3H3/t11-/m1/s1. The van der Waals surface area contributed by atoms with Crippen LogP contribution in [0.4, 0.5) is 0 Å². The van der Waals surface area contributed by atoms with E-state index in [0.29, 0.717) is 0 Å². The summed E-state index contributed by atoms with van der Waals surface area (Å²) in [5.74, 6) is -1.35. The lowest BCUT2D eigenvalue weighted by molar-refractivity contribution is -0.138. The van der Waals surface area contributed by atoms with E-state index in [0.717, 1.165) is 5.56 Å². The van der Waals surface area contributed by atoms with E-state index in [9.17, 15) is 14.7 Å². The summed E-state index contributed by atoms with van der Waals surface area (Å²) in [5.41, 5.74) is 0.819. The number of hydrogen-bond donors (Lipinski definition) is 1. The van der Waals surface area contributed by atoms with E-state index in [1.165, 1.54) is 31.0 Å². The van der Waals surface area contributed by atoms with E-state index in [-0.39, 0.29) is 24.3 Å². The van der Waals surface area contributed by atoms with Gasteiger partial charge in [0.2, 0.25) is 0 Å². The van der Waals surface area contributed by atoms with Crippen molar-refractivity contribution in [1.29, 1.82) is 5.26 Å². The molecule has 1 atom stereocenters. The van der Waals surface area contributed by atoms with Gasteiger partial charge in [0.15, 0.2) is 6.10 Å². The average Bonchev–Trinajstić information content (AvgIpc) is 2.46. The maximum Gasteiger partial charge on any atom is 0.342 e. The molecule has 0 unspecified atom stereocenters. The first-order valence-electron chi connectivity index (χ1n) is 6.49. The Bertz CT molecular complexity index is 578. The third-order valence-corrected chi connectivity index (χ3v) is 2.94. The molecule has 0 saturated heterocycles. The molecule has 0 saturated carbocycles. The van der Waals surface area contributed by atoms with Gasteiger partial charge in [0.1, 0.15) is 11.3 Å². The highest BCUT2D eigenvalue weighted by atomic mass is 16.5. The number of aromatic hydroxyl groups is 1. The lowest BCUT2D eigenvalue weighted by atomic mass is 10.1. The smallest absolute Gasteiger partial charge is 0.342 e. The van der Waals surface area contributed by atoms with Crippen LogP contribution in [0.25, 0.3) is 0 Å². The Morgan fingerprint density at radius 1 is 1.48 bits per heavy atom. The summed E-state index contributed by atoms with van der Waals surface area (Å²) < 4.78 is 5.06. The second-order valence-electron chi connectivity index (χ2n) is 4.74. The molecule has 1 rings (SSSR count). The molecule has 1 amide bonds. The number of likely N-dealkylation sites (N-methyl/N-ethyl adjacent to an activating group) is 1. The Morgan fingerprint density at radius 3 is 2.76 bits per heavy atom. The van der Waals surface area contributed by atoms with E-state index in [4.69, 9.17) is 10.00 Å². The van der Waals surface area contributed by atoms with Crippen molar-refractivity contribution in [2.24, 2.45) is 0 Å². The molecule has 112 valence electrons. The number of esters is 1. The van der Waals surface area contributed by atoms with E-state index in [1.807, 2.05) is 6.07 Å². The van der Waals surface area contributed by atoms with Crippen molar-refractivity contribution < 1.29 is 19.4 Å². The van der Waals surface area contributed by atoms with Gasteiger partial charge in [-0.05, 0) is 26.0 Å². The molecule has 0 bridgehead atoms. The van der Waals surface area contributed by atoms with Crippen molar-refractivity contribution >= 4 is 11.9 Å². The van der Waals surface area contributed by atoms with Gasteiger partial charge in [0.25, 0.3) is 5.91 Å². The second-order valence-corrected chi connectivity index (χ2v) is 4.74. The van der Waals surface area contributed by atoms with Crippen LogP contribution in [-0.2, 0) is 9.53 Å². The largest absolute Gasteiger partial charge is 0.507 e. The number of ether oxygens (including phenoxy) is 1. The third kappa shape index (κ3) is 4.49. The van der Waals surface area contributed by atoms with Crippen LogP contribution in [-0.4, -0.2) is 41.6 Å². The van der Waals surface area contributed by atoms with E-state index >= 15 is 0 Å². The lowest BCUT2D eigenvalue weighted by Crippen LogP contribution is -2.37. The van der Waals surface area contributed by atoms with Crippen molar-refractivity contribution in [2.75, 3.05) is 13.6 Å². The van der Waals surface area contributed by atoms with Gasteiger partial charge in [-0.2, -0.15) is 5.26 Å². The molecule has 6 nitrogen and oxygen atoms in total. The quantitative estimate of drug-likeness (QED) is 0.832. The zero-order chi connectivity index (χ0) is 16.0. The fourth-order valence-electron chi connectivity index (χ4n) is 1.73. The monoisotopic (exact) mass is 290 g/mol. The number of phenolic OH excluding ortho intramolecular Hbond substituents is 1. The third-order valence-electron chi connectivity index (χ3n) is 2.94. The molecule has 1 aromatic carbocycles. The van der Waals surface area contributed by atoms with E-state index < -0.39 is 18.0 Å². The predicted molar refractivity (Wildman–Crippen MR) is 75.6 cm³/mol. The van der Waals surface area contributed by atoms with Gasteiger partial charge < -0.3 is 14.7 Å². The predicted octanol–water partition coefficient (Wildman–Crippen LogP) is 1.62. The van der Waals surface area contributed by atoms with Crippen LogP contribution in [0.5, 0.6) is 5.75 Å². The number of carbonyl (C=O) groups is 2. The highest BCUT2D eigenvalue weighted by molar-refractivity contribution is 5.94. The lowest BCUT2D eigenvalue weighted by Gasteiger charge is -2.20. The van der Waals surface area contributed by atoms with Gasteiger partial charge in [-0.25, -0.2) is 4.79 Å². The Balaban J connectivity index is 2.72. The van der Waals surface area contributed by atoms with Crippen molar-refractivity contribution in [3.63, 3.8) is 0 Å². The summed E-state index contributed by atoms with van der Waals surface area (Å²) in [4.78, 5) is 25.2. The zero-order valence-corrected chi connectivity index (χ0v) is 12.3. The minimum absolute atomic E-state index is 0.0225. The number of aryl methyl sites for hydroxylation is 1. The molecule has 1 N–H and O–H groups in total.